The summed E-state index contributed by atoms with van der Waals surface area (Å²) in [5.74, 6) is 1.95. The van der Waals surface area contributed by atoms with Crippen molar-refractivity contribution in [3.8, 4) is 17.4 Å². The Bertz CT molecular complexity index is 776. The van der Waals surface area contributed by atoms with E-state index in [2.05, 4.69) is 20.3 Å². The van der Waals surface area contributed by atoms with Gasteiger partial charge < -0.3 is 14.8 Å². The van der Waals surface area contributed by atoms with Crippen LogP contribution in [0.4, 0.5) is 5.82 Å². The molecule has 3 rings (SSSR count). The van der Waals surface area contributed by atoms with Crippen LogP contribution in [0, 0.1) is 0 Å². The molecule has 2 heterocycles. The van der Waals surface area contributed by atoms with E-state index in [9.17, 15) is 0 Å². The SMILES string of the molecule is CNc1ncnc(Oc2cnc3ccccc3c2)c1OC. The number of anilines is 1. The van der Waals surface area contributed by atoms with Gasteiger partial charge in [0.25, 0.3) is 5.88 Å². The summed E-state index contributed by atoms with van der Waals surface area (Å²) in [7, 11) is 3.30. The van der Waals surface area contributed by atoms with Crippen molar-refractivity contribution in [1.29, 1.82) is 0 Å². The molecule has 0 spiro atoms. The molecule has 0 unspecified atom stereocenters. The van der Waals surface area contributed by atoms with Gasteiger partial charge in [0.15, 0.2) is 5.82 Å². The molecule has 2 aromatic heterocycles. The minimum Gasteiger partial charge on any atom is -0.489 e. The number of nitrogens with zero attached hydrogens (tertiary/aromatic N) is 3. The third-order valence-corrected chi connectivity index (χ3v) is 2.99. The first-order valence-corrected chi connectivity index (χ1v) is 6.41. The second kappa shape index (κ2) is 5.62. The zero-order valence-corrected chi connectivity index (χ0v) is 11.7. The van der Waals surface area contributed by atoms with Crippen molar-refractivity contribution in [3.05, 3.63) is 42.9 Å². The Balaban J connectivity index is 1.98. The maximum atomic E-state index is 5.77. The minimum atomic E-state index is 0.342. The number of aromatic nitrogens is 3. The number of nitrogens with one attached hydrogen (secondary N) is 1. The summed E-state index contributed by atoms with van der Waals surface area (Å²) in [5, 5.41) is 3.93. The van der Waals surface area contributed by atoms with Gasteiger partial charge in [0.2, 0.25) is 5.75 Å². The standard InChI is InChI=1S/C15H14N4O2/c1-16-14-13(20-2)15(19-9-18-14)21-11-7-10-5-3-4-6-12(10)17-8-11/h3-9H,1-2H3,(H,16,18,19). The predicted octanol–water partition coefficient (Wildman–Crippen LogP) is 2.87. The molecule has 21 heavy (non-hydrogen) atoms. The van der Waals surface area contributed by atoms with E-state index in [1.165, 1.54) is 6.33 Å². The van der Waals surface area contributed by atoms with Gasteiger partial charge in [0.1, 0.15) is 12.1 Å². The van der Waals surface area contributed by atoms with E-state index >= 15 is 0 Å². The number of pyridine rings is 1. The predicted molar refractivity (Wildman–Crippen MR) is 79.9 cm³/mol. The average molecular weight is 282 g/mol. The monoisotopic (exact) mass is 282 g/mol. The molecule has 0 aliphatic rings. The van der Waals surface area contributed by atoms with Gasteiger partial charge in [0.05, 0.1) is 18.8 Å². The van der Waals surface area contributed by atoms with Crippen molar-refractivity contribution in [2.75, 3.05) is 19.5 Å². The summed E-state index contributed by atoms with van der Waals surface area (Å²) < 4.78 is 11.1. The maximum absolute atomic E-state index is 5.77. The highest BCUT2D eigenvalue weighted by atomic mass is 16.5. The van der Waals surface area contributed by atoms with Crippen LogP contribution in [0.25, 0.3) is 10.9 Å². The van der Waals surface area contributed by atoms with E-state index in [1.807, 2.05) is 30.3 Å². The van der Waals surface area contributed by atoms with Crippen molar-refractivity contribution < 1.29 is 9.47 Å². The highest BCUT2D eigenvalue weighted by molar-refractivity contribution is 5.79. The van der Waals surface area contributed by atoms with Crippen molar-refractivity contribution in [2.45, 2.75) is 0 Å². The van der Waals surface area contributed by atoms with Gasteiger partial charge in [-0.25, -0.2) is 4.98 Å². The van der Waals surface area contributed by atoms with Crippen LogP contribution in [0.2, 0.25) is 0 Å². The molecular weight excluding hydrogens is 268 g/mol. The Morgan fingerprint density at radius 1 is 1.10 bits per heavy atom. The first-order chi connectivity index (χ1) is 10.3. The first kappa shape index (κ1) is 13.1. The molecule has 1 aromatic carbocycles. The van der Waals surface area contributed by atoms with Crippen LogP contribution in [-0.4, -0.2) is 29.1 Å². The molecule has 0 bridgehead atoms. The topological polar surface area (TPSA) is 69.2 Å². The fourth-order valence-electron chi connectivity index (χ4n) is 2.01. The lowest BCUT2D eigenvalue weighted by Gasteiger charge is -2.11. The molecule has 0 amide bonds. The highest BCUT2D eigenvalue weighted by Gasteiger charge is 2.13. The van der Waals surface area contributed by atoms with E-state index in [0.717, 1.165) is 10.9 Å². The van der Waals surface area contributed by atoms with Crippen LogP contribution >= 0.6 is 0 Å². The Morgan fingerprint density at radius 2 is 1.95 bits per heavy atom. The third-order valence-electron chi connectivity index (χ3n) is 2.99. The number of hydrogen-bond acceptors (Lipinski definition) is 6. The van der Waals surface area contributed by atoms with Gasteiger partial charge >= 0.3 is 0 Å². The fraction of sp³-hybridized carbons (Fsp3) is 0.133. The lowest BCUT2D eigenvalue weighted by molar-refractivity contribution is 0.369. The summed E-state index contributed by atoms with van der Waals surface area (Å²) in [5.41, 5.74) is 0.912. The average Bonchev–Trinajstić information content (AvgIpc) is 2.54. The van der Waals surface area contributed by atoms with E-state index in [4.69, 9.17) is 9.47 Å². The molecule has 6 nitrogen and oxygen atoms in total. The molecule has 0 saturated carbocycles. The molecule has 0 aliphatic carbocycles. The number of ether oxygens (including phenoxy) is 2. The van der Waals surface area contributed by atoms with Gasteiger partial charge in [-0.2, -0.15) is 4.98 Å². The van der Waals surface area contributed by atoms with E-state index < -0.39 is 0 Å². The summed E-state index contributed by atoms with van der Waals surface area (Å²) in [4.78, 5) is 12.5. The van der Waals surface area contributed by atoms with E-state index in [1.54, 1.807) is 20.4 Å². The van der Waals surface area contributed by atoms with Gasteiger partial charge in [0, 0.05) is 12.4 Å². The van der Waals surface area contributed by atoms with Crippen LogP contribution in [-0.2, 0) is 0 Å². The Kier molecular flexibility index (Phi) is 3.51. The number of fused-ring (bicyclic) bond motifs is 1. The van der Waals surface area contributed by atoms with E-state index in [0.29, 0.717) is 23.2 Å². The van der Waals surface area contributed by atoms with Gasteiger partial charge in [-0.3, -0.25) is 4.98 Å². The van der Waals surface area contributed by atoms with Crippen molar-refractivity contribution in [1.82, 2.24) is 15.0 Å². The number of rotatable bonds is 4. The summed E-state index contributed by atoms with van der Waals surface area (Å²) in [6.45, 7) is 0. The van der Waals surface area contributed by atoms with Crippen LogP contribution in [0.5, 0.6) is 17.4 Å². The largest absolute Gasteiger partial charge is 0.489 e. The second-order valence-electron chi connectivity index (χ2n) is 4.28. The molecule has 0 aliphatic heterocycles. The van der Waals surface area contributed by atoms with Crippen LogP contribution in [0.3, 0.4) is 0 Å². The van der Waals surface area contributed by atoms with Crippen LogP contribution < -0.4 is 14.8 Å². The van der Waals surface area contributed by atoms with Crippen LogP contribution in [0.1, 0.15) is 0 Å². The summed E-state index contributed by atoms with van der Waals surface area (Å²) in [6.07, 6.45) is 3.07. The Labute approximate surface area is 121 Å². The lowest BCUT2D eigenvalue weighted by Crippen LogP contribution is -2.01. The lowest BCUT2D eigenvalue weighted by atomic mass is 10.2. The molecule has 1 N–H and O–H groups in total. The molecule has 106 valence electrons. The summed E-state index contributed by atoms with van der Waals surface area (Å²) >= 11 is 0. The molecular formula is C15H14N4O2. The van der Waals surface area contributed by atoms with Gasteiger partial charge in [-0.05, 0) is 12.1 Å². The normalized spacial score (nSPS) is 10.4. The van der Waals surface area contributed by atoms with Crippen molar-refractivity contribution >= 4 is 16.7 Å². The number of benzene rings is 1. The number of hydrogen-bond donors (Lipinski definition) is 1. The molecule has 0 fully saturated rings. The van der Waals surface area contributed by atoms with Gasteiger partial charge in [-0.15, -0.1) is 0 Å². The Hall–Kier alpha value is -2.89. The zero-order valence-electron chi connectivity index (χ0n) is 11.7. The highest BCUT2D eigenvalue weighted by Crippen LogP contribution is 2.34. The minimum absolute atomic E-state index is 0.342. The van der Waals surface area contributed by atoms with E-state index in [-0.39, 0.29) is 0 Å². The molecule has 0 atom stereocenters. The summed E-state index contributed by atoms with van der Waals surface area (Å²) in [6, 6.07) is 9.73. The van der Waals surface area contributed by atoms with Gasteiger partial charge in [-0.1, -0.05) is 18.2 Å². The molecule has 6 heteroatoms. The quantitative estimate of drug-likeness (QED) is 0.793. The fourth-order valence-corrected chi connectivity index (χ4v) is 2.01. The smallest absolute Gasteiger partial charge is 0.268 e. The first-order valence-electron chi connectivity index (χ1n) is 6.41. The number of methoxy groups -OCH3 is 1. The molecule has 0 radical (unpaired) electrons. The maximum Gasteiger partial charge on any atom is 0.268 e. The van der Waals surface area contributed by atoms with Crippen molar-refractivity contribution in [3.63, 3.8) is 0 Å². The van der Waals surface area contributed by atoms with Crippen LogP contribution in [0.15, 0.2) is 42.9 Å². The molecule has 0 saturated heterocycles. The van der Waals surface area contributed by atoms with Crippen molar-refractivity contribution in [2.24, 2.45) is 0 Å². The number of para-hydroxylation sites is 1. The third kappa shape index (κ3) is 2.55. The molecule has 3 aromatic rings. The second-order valence-corrected chi connectivity index (χ2v) is 4.28. The Morgan fingerprint density at radius 3 is 2.76 bits per heavy atom. The zero-order chi connectivity index (χ0) is 14.7.